The molecule has 0 aliphatic rings. The minimum absolute atomic E-state index is 0.255. The molecule has 0 fully saturated rings. The minimum atomic E-state index is 0.255. The maximum atomic E-state index is 10.0. The molecule has 0 bridgehead atoms. The van der Waals surface area contributed by atoms with Crippen molar-refractivity contribution >= 4 is 11.6 Å². The molecule has 0 spiro atoms. The van der Waals surface area contributed by atoms with Gasteiger partial charge in [0.25, 0.3) is 0 Å². The fraction of sp³-hybridized carbons (Fsp3) is 0.600. The summed E-state index contributed by atoms with van der Waals surface area (Å²) in [6.45, 7) is 11.5. The van der Waals surface area contributed by atoms with Crippen LogP contribution in [0.2, 0.25) is 0 Å². The fourth-order valence-electron chi connectivity index (χ4n) is 1.77. The summed E-state index contributed by atoms with van der Waals surface area (Å²) in [5.41, 5.74) is 3.03. The molecule has 0 aliphatic carbocycles. The van der Waals surface area contributed by atoms with Crippen LogP contribution in [0.25, 0.3) is 0 Å². The van der Waals surface area contributed by atoms with E-state index in [1.54, 1.807) is 13.8 Å². The zero-order valence-electron chi connectivity index (χ0n) is 15.4. The maximum Gasteiger partial charge on any atom is 0.129 e. The Morgan fingerprint density at radius 1 is 0.818 bits per heavy atom. The lowest BCUT2D eigenvalue weighted by Gasteiger charge is -2.04. The predicted octanol–water partition coefficient (Wildman–Crippen LogP) is 5.56. The van der Waals surface area contributed by atoms with E-state index in [0.717, 1.165) is 19.3 Å². The number of rotatable bonds is 6. The SMILES string of the molecule is CCC(C)=O.CCCC(C)=O.CCCc1ccccc1CC. The molecule has 1 aromatic carbocycles. The highest BCUT2D eigenvalue weighted by Gasteiger charge is 1.96. The molecule has 0 unspecified atom stereocenters. The lowest BCUT2D eigenvalue weighted by molar-refractivity contribution is -0.117. The van der Waals surface area contributed by atoms with Crippen LogP contribution >= 0.6 is 0 Å². The van der Waals surface area contributed by atoms with Crippen molar-refractivity contribution < 1.29 is 9.59 Å². The minimum Gasteiger partial charge on any atom is -0.300 e. The molecule has 0 saturated heterocycles. The second-order valence-corrected chi connectivity index (χ2v) is 5.38. The first-order chi connectivity index (χ1) is 10.4. The van der Waals surface area contributed by atoms with Crippen molar-refractivity contribution in [2.24, 2.45) is 0 Å². The predicted molar refractivity (Wildman–Crippen MR) is 96.4 cm³/mol. The van der Waals surface area contributed by atoms with Crippen LogP contribution in [0.15, 0.2) is 24.3 Å². The molecular weight excluding hydrogens is 272 g/mol. The maximum absolute atomic E-state index is 10.0. The summed E-state index contributed by atoms with van der Waals surface area (Å²) in [6, 6.07) is 8.72. The molecule has 2 nitrogen and oxygen atoms in total. The summed E-state index contributed by atoms with van der Waals surface area (Å²) >= 11 is 0. The van der Waals surface area contributed by atoms with E-state index in [-0.39, 0.29) is 11.6 Å². The van der Waals surface area contributed by atoms with Gasteiger partial charge in [0.2, 0.25) is 0 Å². The second-order valence-electron chi connectivity index (χ2n) is 5.38. The number of hydrogen-bond acceptors (Lipinski definition) is 2. The summed E-state index contributed by atoms with van der Waals surface area (Å²) < 4.78 is 0. The van der Waals surface area contributed by atoms with Crippen LogP contribution in [0.3, 0.4) is 0 Å². The molecule has 0 aromatic heterocycles. The number of Topliss-reactive ketones (excluding diaryl/α,β-unsaturated/α-hetero) is 2. The smallest absolute Gasteiger partial charge is 0.129 e. The quantitative estimate of drug-likeness (QED) is 0.689. The first-order valence-corrected chi connectivity index (χ1v) is 8.48. The number of hydrogen-bond donors (Lipinski definition) is 0. The van der Waals surface area contributed by atoms with E-state index >= 15 is 0 Å². The largest absolute Gasteiger partial charge is 0.300 e. The molecule has 2 heteroatoms. The molecule has 0 heterocycles. The fourth-order valence-corrected chi connectivity index (χ4v) is 1.77. The molecule has 0 N–H and O–H groups in total. The van der Waals surface area contributed by atoms with Gasteiger partial charge in [-0.3, -0.25) is 0 Å². The van der Waals surface area contributed by atoms with Crippen LogP contribution in [0.5, 0.6) is 0 Å². The van der Waals surface area contributed by atoms with Crippen LogP contribution in [0.4, 0.5) is 0 Å². The average Bonchev–Trinajstić information content (AvgIpc) is 2.49. The van der Waals surface area contributed by atoms with Crippen LogP contribution < -0.4 is 0 Å². The molecule has 0 amide bonds. The molecule has 0 atom stereocenters. The van der Waals surface area contributed by atoms with Crippen LogP contribution in [0.1, 0.15) is 78.4 Å². The van der Waals surface area contributed by atoms with E-state index in [1.807, 2.05) is 13.8 Å². The van der Waals surface area contributed by atoms with Crippen LogP contribution in [-0.2, 0) is 22.4 Å². The van der Waals surface area contributed by atoms with E-state index in [0.29, 0.717) is 6.42 Å². The molecular formula is C20H34O2. The van der Waals surface area contributed by atoms with Crippen LogP contribution in [-0.4, -0.2) is 11.6 Å². The average molecular weight is 306 g/mol. The zero-order valence-corrected chi connectivity index (χ0v) is 15.4. The van der Waals surface area contributed by atoms with Crippen molar-refractivity contribution in [2.45, 2.75) is 80.1 Å². The molecule has 126 valence electrons. The van der Waals surface area contributed by atoms with E-state index in [4.69, 9.17) is 0 Å². The second kappa shape index (κ2) is 15.9. The van der Waals surface area contributed by atoms with Crippen molar-refractivity contribution in [1.29, 1.82) is 0 Å². The third-order valence-corrected chi connectivity index (χ3v) is 3.12. The van der Waals surface area contributed by atoms with Crippen molar-refractivity contribution in [3.63, 3.8) is 0 Å². The van der Waals surface area contributed by atoms with Crippen molar-refractivity contribution in [3.05, 3.63) is 35.4 Å². The molecule has 22 heavy (non-hydrogen) atoms. The van der Waals surface area contributed by atoms with E-state index < -0.39 is 0 Å². The van der Waals surface area contributed by atoms with Crippen molar-refractivity contribution in [2.75, 3.05) is 0 Å². The number of carbonyl (C=O) groups is 2. The third kappa shape index (κ3) is 15.0. The molecule has 0 radical (unpaired) electrons. The zero-order chi connectivity index (χ0) is 17.4. The Labute approximate surface area is 137 Å². The van der Waals surface area contributed by atoms with Gasteiger partial charge in [-0.25, -0.2) is 0 Å². The summed E-state index contributed by atoms with van der Waals surface area (Å²) in [5.74, 6) is 0.544. The molecule has 0 aliphatic heterocycles. The van der Waals surface area contributed by atoms with Gasteiger partial charge in [0, 0.05) is 12.8 Å². The van der Waals surface area contributed by atoms with Gasteiger partial charge >= 0.3 is 0 Å². The number of benzene rings is 1. The monoisotopic (exact) mass is 306 g/mol. The number of carbonyl (C=O) groups excluding carboxylic acids is 2. The first-order valence-electron chi connectivity index (χ1n) is 8.48. The van der Waals surface area contributed by atoms with Gasteiger partial charge in [-0.15, -0.1) is 0 Å². The van der Waals surface area contributed by atoms with Gasteiger partial charge in [-0.2, -0.15) is 0 Å². The van der Waals surface area contributed by atoms with Gasteiger partial charge in [-0.05, 0) is 44.2 Å². The van der Waals surface area contributed by atoms with Gasteiger partial charge in [0.15, 0.2) is 0 Å². The normalized spacial score (nSPS) is 9.00. The summed E-state index contributed by atoms with van der Waals surface area (Å²) in [6.07, 6.45) is 6.02. The van der Waals surface area contributed by atoms with E-state index in [2.05, 4.69) is 38.1 Å². The van der Waals surface area contributed by atoms with Crippen molar-refractivity contribution in [1.82, 2.24) is 0 Å². The Kier molecular flexibility index (Phi) is 16.5. The van der Waals surface area contributed by atoms with Crippen molar-refractivity contribution in [3.8, 4) is 0 Å². The van der Waals surface area contributed by atoms with Crippen LogP contribution in [0, 0.1) is 0 Å². The van der Waals surface area contributed by atoms with E-state index in [9.17, 15) is 9.59 Å². The Hall–Kier alpha value is -1.44. The Bertz CT molecular complexity index is 408. The number of ketones is 2. The highest BCUT2D eigenvalue weighted by molar-refractivity contribution is 5.75. The third-order valence-electron chi connectivity index (χ3n) is 3.12. The summed E-state index contributed by atoms with van der Waals surface area (Å²) in [4.78, 5) is 19.9. The molecule has 0 saturated carbocycles. The Morgan fingerprint density at radius 2 is 1.32 bits per heavy atom. The van der Waals surface area contributed by atoms with Gasteiger partial charge in [-0.1, -0.05) is 58.4 Å². The standard InChI is InChI=1S/C11H16.C5H10O.C4H8O/c1-3-7-11-9-6-5-8-10(11)4-2;1-3-4-5(2)6;1-3-4(2)5/h5-6,8-9H,3-4,7H2,1-2H3;3-4H2,1-2H3;3H2,1-2H3. The Balaban J connectivity index is 0. The van der Waals surface area contributed by atoms with Gasteiger partial charge in [0.05, 0.1) is 0 Å². The molecule has 1 rings (SSSR count). The van der Waals surface area contributed by atoms with Gasteiger partial charge in [0.1, 0.15) is 11.6 Å². The Morgan fingerprint density at radius 3 is 1.59 bits per heavy atom. The lowest BCUT2D eigenvalue weighted by atomic mass is 10.0. The van der Waals surface area contributed by atoms with Gasteiger partial charge < -0.3 is 9.59 Å². The first kappa shape index (κ1) is 22.8. The lowest BCUT2D eigenvalue weighted by Crippen LogP contribution is -1.90. The topological polar surface area (TPSA) is 34.1 Å². The molecule has 1 aromatic rings. The summed E-state index contributed by atoms with van der Waals surface area (Å²) in [7, 11) is 0. The highest BCUT2D eigenvalue weighted by Crippen LogP contribution is 2.10. The van der Waals surface area contributed by atoms with E-state index in [1.165, 1.54) is 24.0 Å². The number of aryl methyl sites for hydroxylation is 2. The summed E-state index contributed by atoms with van der Waals surface area (Å²) in [5, 5.41) is 0. The highest BCUT2D eigenvalue weighted by atomic mass is 16.1.